The topological polar surface area (TPSA) is 78.4 Å². The zero-order valence-corrected chi connectivity index (χ0v) is 13.3. The monoisotopic (exact) mass is 330 g/mol. The van der Waals surface area contributed by atoms with Crippen LogP contribution in [-0.2, 0) is 9.59 Å². The summed E-state index contributed by atoms with van der Waals surface area (Å²) in [5.41, 5.74) is -0.176. The van der Waals surface area contributed by atoms with E-state index in [1.54, 1.807) is 0 Å². The molecule has 0 saturated heterocycles. The number of benzene rings is 1. The van der Waals surface area contributed by atoms with Gasteiger partial charge in [0, 0.05) is 13.2 Å². The molecule has 0 bridgehead atoms. The van der Waals surface area contributed by atoms with Gasteiger partial charge in [-0.2, -0.15) is 0 Å². The van der Waals surface area contributed by atoms with Crippen LogP contribution in [0, 0.1) is 11.2 Å². The number of aliphatic hydroxyl groups excluding tert-OH is 1. The van der Waals surface area contributed by atoms with Crippen molar-refractivity contribution in [2.75, 3.05) is 18.5 Å². The SMILES string of the molecule is CC(C)(CO)CCCNC(=O)C(=O)Nc1cc(F)ccc1Cl. The molecule has 5 nitrogen and oxygen atoms in total. The van der Waals surface area contributed by atoms with Crippen LogP contribution in [0.25, 0.3) is 0 Å². The standard InChI is InChI=1S/C15H20ClFN2O3/c1-15(2,9-20)6-3-7-18-13(21)14(22)19-12-8-10(17)4-5-11(12)16/h4-5,8,20H,3,6-7,9H2,1-2H3,(H,18,21)(H,19,22). The first kappa shape index (κ1) is 18.4. The van der Waals surface area contributed by atoms with Crippen LogP contribution in [0.1, 0.15) is 26.7 Å². The van der Waals surface area contributed by atoms with Crippen LogP contribution in [-0.4, -0.2) is 30.1 Å². The molecule has 22 heavy (non-hydrogen) atoms. The maximum Gasteiger partial charge on any atom is 0.313 e. The van der Waals surface area contributed by atoms with E-state index in [1.165, 1.54) is 6.07 Å². The van der Waals surface area contributed by atoms with Gasteiger partial charge in [-0.25, -0.2) is 4.39 Å². The number of aliphatic hydroxyl groups is 1. The molecule has 7 heteroatoms. The first-order valence-corrected chi connectivity index (χ1v) is 7.28. The third-order valence-corrected chi connectivity index (χ3v) is 3.46. The van der Waals surface area contributed by atoms with E-state index in [0.717, 1.165) is 12.1 Å². The summed E-state index contributed by atoms with van der Waals surface area (Å²) in [7, 11) is 0. The van der Waals surface area contributed by atoms with Crippen molar-refractivity contribution in [3.63, 3.8) is 0 Å². The second-order valence-corrected chi connectivity index (χ2v) is 6.17. The second-order valence-electron chi connectivity index (χ2n) is 5.76. The zero-order valence-electron chi connectivity index (χ0n) is 12.6. The number of halogens is 2. The zero-order chi connectivity index (χ0) is 16.8. The van der Waals surface area contributed by atoms with E-state index in [4.69, 9.17) is 16.7 Å². The van der Waals surface area contributed by atoms with E-state index in [1.807, 2.05) is 13.8 Å². The number of anilines is 1. The Morgan fingerprint density at radius 3 is 2.64 bits per heavy atom. The van der Waals surface area contributed by atoms with Crippen LogP contribution in [0.15, 0.2) is 18.2 Å². The van der Waals surface area contributed by atoms with Gasteiger partial charge in [0.25, 0.3) is 0 Å². The Morgan fingerprint density at radius 1 is 1.32 bits per heavy atom. The summed E-state index contributed by atoms with van der Waals surface area (Å²) in [6.07, 6.45) is 1.34. The van der Waals surface area contributed by atoms with Gasteiger partial charge in [0.15, 0.2) is 0 Å². The maximum absolute atomic E-state index is 13.1. The molecule has 0 aliphatic carbocycles. The summed E-state index contributed by atoms with van der Waals surface area (Å²) in [4.78, 5) is 23.3. The smallest absolute Gasteiger partial charge is 0.313 e. The molecule has 0 spiro atoms. The van der Waals surface area contributed by atoms with Crippen LogP contribution in [0.5, 0.6) is 0 Å². The molecule has 0 aliphatic rings. The molecule has 1 aromatic carbocycles. The Kier molecular flexibility index (Phi) is 6.77. The fraction of sp³-hybridized carbons (Fsp3) is 0.467. The van der Waals surface area contributed by atoms with Gasteiger partial charge in [0.05, 0.1) is 10.7 Å². The lowest BCUT2D eigenvalue weighted by Gasteiger charge is -2.21. The largest absolute Gasteiger partial charge is 0.396 e. The van der Waals surface area contributed by atoms with E-state index in [-0.39, 0.29) is 22.7 Å². The van der Waals surface area contributed by atoms with Gasteiger partial charge in [0.2, 0.25) is 0 Å². The summed E-state index contributed by atoms with van der Waals surface area (Å²) in [6.45, 7) is 4.19. The molecule has 0 heterocycles. The number of carbonyl (C=O) groups excluding carboxylic acids is 2. The van der Waals surface area contributed by atoms with Crippen molar-refractivity contribution in [1.29, 1.82) is 0 Å². The summed E-state index contributed by atoms with van der Waals surface area (Å²) in [5.74, 6) is -2.29. The molecule has 1 rings (SSSR count). The van der Waals surface area contributed by atoms with Crippen molar-refractivity contribution < 1.29 is 19.1 Å². The summed E-state index contributed by atoms with van der Waals surface area (Å²) in [6, 6.07) is 3.49. The van der Waals surface area contributed by atoms with E-state index in [9.17, 15) is 14.0 Å². The van der Waals surface area contributed by atoms with Gasteiger partial charge >= 0.3 is 11.8 Å². The normalized spacial score (nSPS) is 11.1. The molecule has 0 unspecified atom stereocenters. The van der Waals surface area contributed by atoms with E-state index < -0.39 is 17.6 Å². The molecule has 0 aromatic heterocycles. The fourth-order valence-corrected chi connectivity index (χ4v) is 1.87. The predicted octanol–water partition coefficient (Wildman–Crippen LogP) is 2.33. The molecule has 0 aliphatic heterocycles. The highest BCUT2D eigenvalue weighted by Crippen LogP contribution is 2.22. The lowest BCUT2D eigenvalue weighted by molar-refractivity contribution is -0.136. The molecule has 0 radical (unpaired) electrons. The van der Waals surface area contributed by atoms with Gasteiger partial charge < -0.3 is 15.7 Å². The average molecular weight is 331 g/mol. The number of rotatable bonds is 6. The van der Waals surface area contributed by atoms with Gasteiger partial charge in [-0.1, -0.05) is 25.4 Å². The summed E-state index contributed by atoms with van der Waals surface area (Å²) >= 11 is 5.80. The van der Waals surface area contributed by atoms with Crippen molar-refractivity contribution in [1.82, 2.24) is 5.32 Å². The number of carbonyl (C=O) groups is 2. The van der Waals surface area contributed by atoms with Gasteiger partial charge in [0.1, 0.15) is 5.82 Å². The van der Waals surface area contributed by atoms with E-state index in [0.29, 0.717) is 19.4 Å². The third-order valence-electron chi connectivity index (χ3n) is 3.13. The summed E-state index contributed by atoms with van der Waals surface area (Å²) < 4.78 is 13.1. The molecule has 3 N–H and O–H groups in total. The van der Waals surface area contributed by atoms with Crippen LogP contribution in [0.2, 0.25) is 5.02 Å². The molecule has 0 fully saturated rings. The molecule has 122 valence electrons. The molecule has 0 saturated carbocycles. The minimum absolute atomic E-state index is 0.0447. The highest BCUT2D eigenvalue weighted by Gasteiger charge is 2.18. The highest BCUT2D eigenvalue weighted by molar-refractivity contribution is 6.41. The van der Waals surface area contributed by atoms with Crippen molar-refractivity contribution >= 4 is 29.1 Å². The Morgan fingerprint density at radius 2 is 2.00 bits per heavy atom. The molecule has 0 atom stereocenters. The first-order chi connectivity index (χ1) is 10.2. The predicted molar refractivity (Wildman–Crippen MR) is 83.2 cm³/mol. The molecule has 2 amide bonds. The van der Waals surface area contributed by atoms with Crippen molar-refractivity contribution in [3.8, 4) is 0 Å². The van der Waals surface area contributed by atoms with Crippen LogP contribution in [0.3, 0.4) is 0 Å². The number of amides is 2. The summed E-state index contributed by atoms with van der Waals surface area (Å²) in [5, 5.41) is 14.0. The minimum Gasteiger partial charge on any atom is -0.396 e. The van der Waals surface area contributed by atoms with Crippen molar-refractivity contribution in [2.45, 2.75) is 26.7 Å². The second kappa shape index (κ2) is 8.10. The fourth-order valence-electron chi connectivity index (χ4n) is 1.70. The average Bonchev–Trinajstić information content (AvgIpc) is 2.47. The quantitative estimate of drug-likeness (QED) is 0.553. The third kappa shape index (κ3) is 5.99. The van der Waals surface area contributed by atoms with Crippen LogP contribution in [0.4, 0.5) is 10.1 Å². The molecule has 1 aromatic rings. The van der Waals surface area contributed by atoms with Gasteiger partial charge in [-0.15, -0.1) is 0 Å². The van der Waals surface area contributed by atoms with Gasteiger partial charge in [-0.05, 0) is 36.5 Å². The number of hydrogen-bond donors (Lipinski definition) is 3. The Hall–Kier alpha value is -1.66. The lowest BCUT2D eigenvalue weighted by atomic mass is 9.89. The maximum atomic E-state index is 13.1. The Bertz CT molecular complexity index is 550. The van der Waals surface area contributed by atoms with E-state index in [2.05, 4.69) is 10.6 Å². The van der Waals surface area contributed by atoms with E-state index >= 15 is 0 Å². The molecular weight excluding hydrogens is 311 g/mol. The lowest BCUT2D eigenvalue weighted by Crippen LogP contribution is -2.36. The van der Waals surface area contributed by atoms with Crippen LogP contribution < -0.4 is 10.6 Å². The Labute approximate surface area is 133 Å². The van der Waals surface area contributed by atoms with Crippen LogP contribution >= 0.6 is 11.6 Å². The van der Waals surface area contributed by atoms with Crippen molar-refractivity contribution in [3.05, 3.63) is 29.0 Å². The highest BCUT2D eigenvalue weighted by atomic mass is 35.5. The first-order valence-electron chi connectivity index (χ1n) is 6.90. The number of nitrogens with one attached hydrogen (secondary N) is 2. The number of hydrogen-bond acceptors (Lipinski definition) is 3. The van der Waals surface area contributed by atoms with Gasteiger partial charge in [-0.3, -0.25) is 9.59 Å². The van der Waals surface area contributed by atoms with Crippen molar-refractivity contribution in [2.24, 2.45) is 5.41 Å². The minimum atomic E-state index is -0.908. The Balaban J connectivity index is 2.43. The molecular formula is C15H20ClFN2O3.